The fourth-order valence-corrected chi connectivity index (χ4v) is 3.53. The van der Waals surface area contributed by atoms with Gasteiger partial charge in [-0.25, -0.2) is 0 Å². The molecule has 3 rings (SSSR count). The molecule has 0 spiro atoms. The number of phenolic OH excluding ortho intramolecular Hbond substituents is 2. The molecule has 1 aromatic carbocycles. The number of aliphatic hydroxyl groups excluding tert-OH is 1. The van der Waals surface area contributed by atoms with Gasteiger partial charge in [0.05, 0.1) is 28.5 Å². The monoisotopic (exact) mass is 376 g/mol. The molecule has 0 bridgehead atoms. The molecule has 8 heteroatoms. The topological polar surface area (TPSA) is 130 Å². The van der Waals surface area contributed by atoms with Crippen LogP contribution >= 0.6 is 0 Å². The molecule has 0 aliphatic heterocycles. The van der Waals surface area contributed by atoms with Gasteiger partial charge in [-0.3, -0.25) is 9.59 Å². The van der Waals surface area contributed by atoms with Gasteiger partial charge in [0.25, 0.3) is 0 Å². The predicted octanol–water partition coefficient (Wildman–Crippen LogP) is 0.653. The SMILES string of the molecule is CN(C)CCNc1cc(O)c2c(c1O)C(=O)C1=C(C[C@@H](O)[C@@](C)(O)C1)C2=O. The molecule has 1 aromatic rings. The summed E-state index contributed by atoms with van der Waals surface area (Å²) in [6.07, 6.45) is -1.58. The summed E-state index contributed by atoms with van der Waals surface area (Å²) in [7, 11) is 3.76. The summed E-state index contributed by atoms with van der Waals surface area (Å²) < 4.78 is 0. The van der Waals surface area contributed by atoms with Crippen molar-refractivity contribution in [1.82, 2.24) is 4.90 Å². The van der Waals surface area contributed by atoms with Gasteiger partial charge < -0.3 is 30.6 Å². The van der Waals surface area contributed by atoms with Gasteiger partial charge in [-0.2, -0.15) is 0 Å². The van der Waals surface area contributed by atoms with Gasteiger partial charge in [-0.15, -0.1) is 0 Å². The Labute approximate surface area is 156 Å². The first-order valence-electron chi connectivity index (χ1n) is 8.74. The lowest BCUT2D eigenvalue weighted by Crippen LogP contribution is -2.46. The number of benzene rings is 1. The lowest BCUT2D eigenvalue weighted by Gasteiger charge is -2.37. The van der Waals surface area contributed by atoms with Crippen LogP contribution in [-0.4, -0.2) is 75.8 Å². The van der Waals surface area contributed by atoms with Crippen LogP contribution in [0.4, 0.5) is 5.69 Å². The van der Waals surface area contributed by atoms with Gasteiger partial charge in [0, 0.05) is 43.1 Å². The summed E-state index contributed by atoms with van der Waals surface area (Å²) >= 11 is 0. The average molecular weight is 376 g/mol. The summed E-state index contributed by atoms with van der Waals surface area (Å²) in [5, 5.41) is 44.3. The summed E-state index contributed by atoms with van der Waals surface area (Å²) in [5.74, 6) is -2.04. The number of aliphatic hydroxyl groups is 2. The maximum atomic E-state index is 13.0. The van der Waals surface area contributed by atoms with E-state index in [2.05, 4.69) is 5.32 Å². The minimum atomic E-state index is -1.55. The van der Waals surface area contributed by atoms with Crippen molar-refractivity contribution in [3.63, 3.8) is 0 Å². The van der Waals surface area contributed by atoms with E-state index in [0.717, 1.165) is 0 Å². The number of fused-ring (bicyclic) bond motifs is 1. The van der Waals surface area contributed by atoms with Crippen molar-refractivity contribution in [3.05, 3.63) is 28.3 Å². The molecule has 0 radical (unpaired) electrons. The Morgan fingerprint density at radius 1 is 1.19 bits per heavy atom. The number of phenols is 2. The van der Waals surface area contributed by atoms with E-state index in [4.69, 9.17) is 0 Å². The first-order valence-corrected chi connectivity index (χ1v) is 8.74. The highest BCUT2D eigenvalue weighted by atomic mass is 16.3. The first-order chi connectivity index (χ1) is 12.5. The van der Waals surface area contributed by atoms with Crippen molar-refractivity contribution < 1.29 is 30.0 Å². The number of hydrogen-bond acceptors (Lipinski definition) is 8. The zero-order valence-corrected chi connectivity index (χ0v) is 15.5. The highest BCUT2D eigenvalue weighted by Crippen LogP contribution is 2.46. The average Bonchev–Trinajstić information content (AvgIpc) is 2.56. The highest BCUT2D eigenvalue weighted by molar-refractivity contribution is 6.29. The van der Waals surface area contributed by atoms with Gasteiger partial charge in [-0.05, 0) is 21.0 Å². The van der Waals surface area contributed by atoms with Crippen LogP contribution in [0, 0.1) is 0 Å². The third-order valence-corrected chi connectivity index (χ3v) is 5.17. The van der Waals surface area contributed by atoms with E-state index in [0.29, 0.717) is 13.1 Å². The fraction of sp³-hybridized carbons (Fsp3) is 0.474. The Kier molecular flexibility index (Phi) is 4.75. The van der Waals surface area contributed by atoms with Gasteiger partial charge in [-0.1, -0.05) is 0 Å². The smallest absolute Gasteiger partial charge is 0.194 e. The Bertz CT molecular complexity index is 856. The second-order valence-electron chi connectivity index (χ2n) is 7.64. The van der Waals surface area contributed by atoms with Crippen LogP contribution in [0.3, 0.4) is 0 Å². The van der Waals surface area contributed by atoms with E-state index in [9.17, 15) is 30.0 Å². The third kappa shape index (κ3) is 3.20. The van der Waals surface area contributed by atoms with Crippen LogP contribution in [0.25, 0.3) is 0 Å². The molecule has 0 amide bonds. The van der Waals surface area contributed by atoms with Crippen molar-refractivity contribution in [1.29, 1.82) is 0 Å². The first kappa shape index (κ1) is 19.3. The standard InChI is InChI=1S/C19H24N2O6/c1-19(27)8-10-9(6-13(19)23)16(24)14-12(22)7-11(20-4-5-21(2)3)18(26)15(14)17(10)25/h7,13,20,22-23,26-27H,4-6,8H2,1-3H3/t13-,19+/m1/s1. The molecule has 27 heavy (non-hydrogen) atoms. The molecular weight excluding hydrogens is 352 g/mol. The van der Waals surface area contributed by atoms with E-state index in [1.54, 1.807) is 0 Å². The number of rotatable bonds is 4. The van der Waals surface area contributed by atoms with Crippen molar-refractivity contribution in [2.75, 3.05) is 32.5 Å². The van der Waals surface area contributed by atoms with E-state index in [-0.39, 0.29) is 40.8 Å². The lowest BCUT2D eigenvalue weighted by atomic mass is 9.71. The van der Waals surface area contributed by atoms with Gasteiger partial charge >= 0.3 is 0 Å². The number of aromatic hydroxyl groups is 2. The quantitative estimate of drug-likeness (QED) is 0.383. The third-order valence-electron chi connectivity index (χ3n) is 5.17. The molecule has 5 N–H and O–H groups in total. The molecule has 2 aliphatic carbocycles. The number of nitrogens with one attached hydrogen (secondary N) is 1. The molecule has 0 heterocycles. The summed E-state index contributed by atoms with van der Waals surface area (Å²) in [4.78, 5) is 27.7. The minimum Gasteiger partial charge on any atom is -0.507 e. The normalized spacial score (nSPS) is 24.9. The van der Waals surface area contributed by atoms with Gasteiger partial charge in [0.1, 0.15) is 5.75 Å². The molecule has 0 unspecified atom stereocenters. The Balaban J connectivity index is 2.06. The Morgan fingerprint density at radius 2 is 1.81 bits per heavy atom. The van der Waals surface area contributed by atoms with Crippen molar-refractivity contribution in [2.24, 2.45) is 0 Å². The number of nitrogens with zero attached hydrogens (tertiary/aromatic N) is 1. The van der Waals surface area contributed by atoms with Crippen LogP contribution in [-0.2, 0) is 0 Å². The van der Waals surface area contributed by atoms with Crippen LogP contribution in [0.2, 0.25) is 0 Å². The second-order valence-corrected chi connectivity index (χ2v) is 7.64. The number of carbonyl (C=O) groups excluding carboxylic acids is 2. The van der Waals surface area contributed by atoms with Crippen molar-refractivity contribution in [3.8, 4) is 11.5 Å². The van der Waals surface area contributed by atoms with Crippen molar-refractivity contribution >= 4 is 17.3 Å². The molecule has 146 valence electrons. The van der Waals surface area contributed by atoms with Gasteiger partial charge in [0.2, 0.25) is 0 Å². The van der Waals surface area contributed by atoms with Crippen LogP contribution in [0.15, 0.2) is 17.2 Å². The van der Waals surface area contributed by atoms with E-state index >= 15 is 0 Å². The number of anilines is 1. The molecule has 2 atom stereocenters. The number of carbonyl (C=O) groups is 2. The molecule has 0 saturated heterocycles. The second kappa shape index (κ2) is 6.63. The molecular formula is C19H24N2O6. The maximum absolute atomic E-state index is 13.0. The molecule has 0 saturated carbocycles. The Hall–Kier alpha value is -2.42. The largest absolute Gasteiger partial charge is 0.507 e. The van der Waals surface area contributed by atoms with Gasteiger partial charge in [0.15, 0.2) is 17.3 Å². The van der Waals surface area contributed by atoms with E-state index < -0.39 is 34.8 Å². The molecule has 0 fully saturated rings. The summed E-state index contributed by atoms with van der Waals surface area (Å²) in [5.41, 5.74) is -1.77. The van der Waals surface area contributed by atoms with Crippen LogP contribution < -0.4 is 5.32 Å². The maximum Gasteiger partial charge on any atom is 0.194 e. The van der Waals surface area contributed by atoms with Crippen LogP contribution in [0.5, 0.6) is 11.5 Å². The highest BCUT2D eigenvalue weighted by Gasteiger charge is 2.46. The predicted molar refractivity (Wildman–Crippen MR) is 98.4 cm³/mol. The zero-order valence-electron chi connectivity index (χ0n) is 15.5. The lowest BCUT2D eigenvalue weighted by molar-refractivity contribution is -0.0651. The van der Waals surface area contributed by atoms with Crippen LogP contribution in [0.1, 0.15) is 40.5 Å². The minimum absolute atomic E-state index is 0.0722. The zero-order chi connectivity index (χ0) is 20.1. The molecule has 0 aromatic heterocycles. The summed E-state index contributed by atoms with van der Waals surface area (Å²) in [6.45, 7) is 2.50. The molecule has 8 nitrogen and oxygen atoms in total. The number of Topliss-reactive ketones (excluding diaryl/α,β-unsaturated/α-hetero) is 2. The number of likely N-dealkylation sites (N-methyl/N-ethyl adjacent to an activating group) is 1. The van der Waals surface area contributed by atoms with E-state index in [1.165, 1.54) is 13.0 Å². The van der Waals surface area contributed by atoms with E-state index in [1.807, 2.05) is 19.0 Å². The van der Waals surface area contributed by atoms with Crippen molar-refractivity contribution in [2.45, 2.75) is 31.5 Å². The number of hydrogen-bond donors (Lipinski definition) is 5. The fourth-order valence-electron chi connectivity index (χ4n) is 3.53. The Morgan fingerprint density at radius 3 is 2.44 bits per heavy atom. The summed E-state index contributed by atoms with van der Waals surface area (Å²) in [6, 6.07) is 1.22. The molecule has 2 aliphatic rings. The number of ketones is 2.